The number of rotatable bonds is 6. The van der Waals surface area contributed by atoms with Gasteiger partial charge in [-0.1, -0.05) is 139 Å². The summed E-state index contributed by atoms with van der Waals surface area (Å²) in [6.07, 6.45) is -3.19. The van der Waals surface area contributed by atoms with E-state index >= 15 is 0 Å². The zero-order chi connectivity index (χ0) is 21.4. The van der Waals surface area contributed by atoms with Gasteiger partial charge in [0.25, 0.3) is 0 Å². The van der Waals surface area contributed by atoms with Crippen LogP contribution < -0.4 is 0 Å². The molecule has 0 spiro atoms. The molecule has 0 atom stereocenters. The Morgan fingerprint density at radius 3 is 0.962 bits per heavy atom. The van der Waals surface area contributed by atoms with Gasteiger partial charge in [-0.05, 0) is 19.6 Å². The van der Waals surface area contributed by atoms with E-state index in [4.69, 9.17) is 150 Å². The zero-order valence-electron chi connectivity index (χ0n) is 13.0. The predicted octanol–water partition coefficient (Wildman–Crippen LogP) is 8.07. The fourth-order valence-corrected chi connectivity index (χ4v) is 9.98. The first-order valence-corrected chi connectivity index (χ1v) is 15.7. The molecule has 0 aromatic carbocycles. The lowest BCUT2D eigenvalue weighted by Gasteiger charge is -2.37. The van der Waals surface area contributed by atoms with Crippen LogP contribution in [0.3, 0.4) is 0 Å². The van der Waals surface area contributed by atoms with Crippen molar-refractivity contribution in [3.63, 3.8) is 0 Å². The lowest BCUT2D eigenvalue weighted by molar-refractivity contribution is 0.0625. The molecule has 0 unspecified atom stereocenters. The van der Waals surface area contributed by atoms with Crippen LogP contribution in [-0.2, 0) is 11.1 Å². The van der Waals surface area contributed by atoms with Crippen molar-refractivity contribution in [3.05, 3.63) is 0 Å². The maximum atomic E-state index is 5.83. The van der Waals surface area contributed by atoms with Crippen molar-refractivity contribution in [2.45, 2.75) is 47.0 Å². The molecule has 0 rings (SSSR count). The third-order valence-corrected chi connectivity index (χ3v) is 9.10. The Morgan fingerprint density at radius 1 is 0.577 bits per heavy atom. The summed E-state index contributed by atoms with van der Waals surface area (Å²) in [5, 5.41) is 0. The largest absolute Gasteiger partial charge is 0.895 e. The van der Waals surface area contributed by atoms with E-state index in [0.29, 0.717) is 0 Å². The smallest absolute Gasteiger partial charge is 0.499 e. The molecule has 0 aromatic heterocycles. The summed E-state index contributed by atoms with van der Waals surface area (Å²) in [6.45, 7) is 5.46. The molecule has 0 aliphatic heterocycles. The fourth-order valence-electron chi connectivity index (χ4n) is 1.28. The van der Waals surface area contributed by atoms with Gasteiger partial charge < -0.3 is 11.1 Å². The van der Waals surface area contributed by atoms with Crippen LogP contribution >= 0.6 is 139 Å². The first-order valence-electron chi connectivity index (χ1n) is 6.31. The minimum atomic E-state index is -3.33. The van der Waals surface area contributed by atoms with Gasteiger partial charge in [0.15, 0.2) is 8.32 Å². The lowest BCUT2D eigenvalue weighted by atomic mass is 10.4. The first-order chi connectivity index (χ1) is 11.0. The Morgan fingerprint density at radius 2 is 0.808 bits per heavy atom. The molecule has 0 fully saturated rings. The van der Waals surface area contributed by atoms with Gasteiger partial charge in [0.2, 0.25) is 15.2 Å². The average molecular weight is 648 g/mol. The van der Waals surface area contributed by atoms with Crippen LogP contribution in [0.25, 0.3) is 0 Å². The molecule has 156 valence electrons. The van der Waals surface area contributed by atoms with E-state index in [2.05, 4.69) is 0 Å². The van der Waals surface area contributed by atoms with Crippen molar-refractivity contribution in [1.82, 2.24) is 0 Å². The highest BCUT2D eigenvalue weighted by Crippen LogP contribution is 2.48. The molecule has 0 aromatic rings. The van der Waals surface area contributed by atoms with Crippen LogP contribution in [0.4, 0.5) is 0 Å². The standard InChI is InChI=1S/2C3HCl6O.C3H9OSi.Al/c2*4-2(5,6)1(10)3(7,8)9;1-5(2,3)4;/h2*1H;1-3H3;/q3*-1;+3. The fraction of sp³-hybridized carbons (Fsp3) is 1.00. The Kier molecular flexibility index (Phi) is 12.5. The van der Waals surface area contributed by atoms with Crippen LogP contribution in [0.5, 0.6) is 0 Å². The monoisotopic (exact) mass is 642 g/mol. The van der Waals surface area contributed by atoms with Crippen molar-refractivity contribution in [2.24, 2.45) is 0 Å². The van der Waals surface area contributed by atoms with E-state index in [1.807, 2.05) is 19.6 Å². The van der Waals surface area contributed by atoms with Gasteiger partial charge in [-0.3, -0.25) is 0 Å². The van der Waals surface area contributed by atoms with Crippen LogP contribution in [0.1, 0.15) is 0 Å². The van der Waals surface area contributed by atoms with Crippen molar-refractivity contribution in [3.8, 4) is 0 Å². The molecule has 0 aliphatic rings. The summed E-state index contributed by atoms with van der Waals surface area (Å²) in [6, 6.07) is 0. The zero-order valence-corrected chi connectivity index (χ0v) is 24.2. The summed E-state index contributed by atoms with van der Waals surface area (Å²) in [4.78, 5) is 0. The Labute approximate surface area is 218 Å². The Bertz CT molecular complexity index is 389. The SMILES string of the molecule is C[Si](C)(C)[O][Al]([O]C(C(Cl)(Cl)Cl)C(Cl)(Cl)Cl)[O]C(C(Cl)(Cl)Cl)C(Cl)(Cl)Cl. The van der Waals surface area contributed by atoms with Crippen molar-refractivity contribution in [1.29, 1.82) is 0 Å². The van der Waals surface area contributed by atoms with Crippen molar-refractivity contribution < 1.29 is 11.1 Å². The third kappa shape index (κ3) is 12.2. The maximum absolute atomic E-state index is 5.83. The van der Waals surface area contributed by atoms with E-state index < -0.39 is 50.8 Å². The minimum absolute atomic E-state index is 1.59. The molecule has 0 bridgehead atoms. The van der Waals surface area contributed by atoms with E-state index in [-0.39, 0.29) is 0 Å². The van der Waals surface area contributed by atoms with Gasteiger partial charge in [-0.25, -0.2) is 0 Å². The molecule has 0 heterocycles. The van der Waals surface area contributed by atoms with Crippen LogP contribution in [-0.4, -0.2) is 50.8 Å². The minimum Gasteiger partial charge on any atom is -0.499 e. The average Bonchev–Trinajstić information content (AvgIpc) is 2.24. The quantitative estimate of drug-likeness (QED) is 0.216. The summed E-state index contributed by atoms with van der Waals surface area (Å²) >= 11 is 66.7. The highest BCUT2D eigenvalue weighted by molar-refractivity contribution is 6.76. The second-order valence-corrected chi connectivity index (χ2v) is 21.5. The molecule has 0 radical (unpaired) electrons. The topological polar surface area (TPSA) is 27.7 Å². The van der Waals surface area contributed by atoms with E-state index in [1.54, 1.807) is 0 Å². The number of hydrogen-bond acceptors (Lipinski definition) is 3. The van der Waals surface area contributed by atoms with Crippen molar-refractivity contribution in [2.75, 3.05) is 0 Å². The molecule has 17 heteroatoms. The summed E-state index contributed by atoms with van der Waals surface area (Å²) in [7, 11) is -2.30. The third-order valence-electron chi connectivity index (χ3n) is 2.13. The van der Waals surface area contributed by atoms with Crippen LogP contribution in [0, 0.1) is 0 Å². The van der Waals surface area contributed by atoms with Gasteiger partial charge in [-0.2, -0.15) is 0 Å². The van der Waals surface area contributed by atoms with Crippen LogP contribution in [0.15, 0.2) is 0 Å². The van der Waals surface area contributed by atoms with E-state index in [0.717, 1.165) is 0 Å². The molecule has 0 amide bonds. The van der Waals surface area contributed by atoms with E-state index in [9.17, 15) is 0 Å². The van der Waals surface area contributed by atoms with E-state index in [1.165, 1.54) is 0 Å². The normalized spacial score (nSPS) is 15.1. The highest BCUT2D eigenvalue weighted by atomic mass is 35.6. The number of hydrogen-bond donors (Lipinski definition) is 0. The van der Waals surface area contributed by atoms with Gasteiger partial charge >= 0.3 is 15.1 Å². The Hall–Kier alpha value is 4.11. The van der Waals surface area contributed by atoms with Gasteiger partial charge in [0, 0.05) is 0 Å². The molecule has 0 saturated heterocycles. The molecule has 3 nitrogen and oxygen atoms in total. The number of alkyl halides is 12. The molecule has 0 saturated carbocycles. The second kappa shape index (κ2) is 10.8. The summed E-state index contributed by atoms with van der Waals surface area (Å²) in [5.41, 5.74) is 0. The second-order valence-electron chi connectivity index (χ2n) is 5.72. The molecular formula is C9H11AlCl12O3Si. The van der Waals surface area contributed by atoms with Crippen molar-refractivity contribution >= 4 is 163 Å². The van der Waals surface area contributed by atoms with Gasteiger partial charge in [0.1, 0.15) is 12.2 Å². The van der Waals surface area contributed by atoms with Crippen LogP contribution in [0.2, 0.25) is 19.6 Å². The molecule has 26 heavy (non-hydrogen) atoms. The Balaban J connectivity index is 5.79. The maximum Gasteiger partial charge on any atom is 0.895 e. The summed E-state index contributed by atoms with van der Waals surface area (Å²) < 4.78 is 8.31. The lowest BCUT2D eigenvalue weighted by Crippen LogP contribution is -2.53. The molecule has 0 N–H and O–H groups in total. The van der Waals surface area contributed by atoms with Gasteiger partial charge in [-0.15, -0.1) is 0 Å². The molecular weight excluding hydrogens is 637 g/mol. The number of halogens is 12. The molecule has 0 aliphatic carbocycles. The summed E-state index contributed by atoms with van der Waals surface area (Å²) in [5.74, 6) is 0. The predicted molar refractivity (Wildman–Crippen MR) is 121 cm³/mol. The highest BCUT2D eigenvalue weighted by Gasteiger charge is 2.57. The van der Waals surface area contributed by atoms with Gasteiger partial charge in [0.05, 0.1) is 0 Å². The first kappa shape index (κ1) is 30.1.